The quantitative estimate of drug-likeness (QED) is 0.679. The van der Waals surface area contributed by atoms with Gasteiger partial charge in [-0.2, -0.15) is 0 Å². The average molecular weight is 310 g/mol. The van der Waals surface area contributed by atoms with Gasteiger partial charge >= 0.3 is 0 Å². The van der Waals surface area contributed by atoms with Crippen LogP contribution in [0, 0.1) is 0 Å². The standard InChI is InChI=1S/C18H16ClN3/c1-21-14-7-6-11(19)10-13(14)16-12-4-2-3-5-15(12)22-9-8-20-18(22)17(16)21/h2-7,10,18,20H,8-9H2,1H3. The molecule has 110 valence electrons. The molecule has 22 heavy (non-hydrogen) atoms. The Morgan fingerprint density at radius 3 is 2.95 bits per heavy atom. The van der Waals surface area contributed by atoms with Gasteiger partial charge in [0.15, 0.2) is 0 Å². The minimum absolute atomic E-state index is 0.251. The summed E-state index contributed by atoms with van der Waals surface area (Å²) in [5.41, 5.74) is 6.53. The van der Waals surface area contributed by atoms with Crippen molar-refractivity contribution in [3.63, 3.8) is 0 Å². The Bertz CT molecular complexity index is 912. The van der Waals surface area contributed by atoms with Crippen molar-refractivity contribution in [3.8, 4) is 11.1 Å². The molecule has 3 heterocycles. The van der Waals surface area contributed by atoms with Crippen LogP contribution in [0.5, 0.6) is 0 Å². The van der Waals surface area contributed by atoms with E-state index in [1.54, 1.807) is 0 Å². The summed E-state index contributed by atoms with van der Waals surface area (Å²) in [6, 6.07) is 14.9. The molecule has 1 saturated heterocycles. The van der Waals surface area contributed by atoms with Gasteiger partial charge in [-0.3, -0.25) is 5.32 Å². The number of hydrogen-bond acceptors (Lipinski definition) is 2. The Hall–Kier alpha value is -1.97. The highest BCUT2D eigenvalue weighted by Crippen LogP contribution is 2.49. The Morgan fingerprint density at radius 1 is 1.18 bits per heavy atom. The van der Waals surface area contributed by atoms with Crippen molar-refractivity contribution < 1.29 is 0 Å². The van der Waals surface area contributed by atoms with Crippen LogP contribution >= 0.6 is 11.6 Å². The van der Waals surface area contributed by atoms with Gasteiger partial charge in [-0.15, -0.1) is 0 Å². The number of anilines is 1. The zero-order chi connectivity index (χ0) is 14.8. The summed E-state index contributed by atoms with van der Waals surface area (Å²) in [6.45, 7) is 2.06. The normalized spacial score (nSPS) is 19.2. The van der Waals surface area contributed by atoms with E-state index >= 15 is 0 Å². The lowest BCUT2D eigenvalue weighted by Crippen LogP contribution is -2.32. The largest absolute Gasteiger partial charge is 0.349 e. The topological polar surface area (TPSA) is 20.2 Å². The van der Waals surface area contributed by atoms with Crippen LogP contribution in [0.3, 0.4) is 0 Å². The maximum absolute atomic E-state index is 6.27. The minimum Gasteiger partial charge on any atom is -0.349 e. The SMILES string of the molecule is Cn1c2c(c3cc(Cl)ccc31)-c1ccccc1N1CCNC21. The lowest BCUT2D eigenvalue weighted by atomic mass is 9.94. The van der Waals surface area contributed by atoms with Crippen molar-refractivity contribution in [1.29, 1.82) is 0 Å². The van der Waals surface area contributed by atoms with E-state index in [4.69, 9.17) is 11.6 Å². The van der Waals surface area contributed by atoms with Gasteiger partial charge in [0, 0.05) is 52.9 Å². The van der Waals surface area contributed by atoms with Gasteiger partial charge in [0.2, 0.25) is 0 Å². The van der Waals surface area contributed by atoms with Gasteiger partial charge in [-0.1, -0.05) is 29.8 Å². The predicted molar refractivity (Wildman–Crippen MR) is 91.5 cm³/mol. The van der Waals surface area contributed by atoms with Crippen molar-refractivity contribution >= 4 is 28.2 Å². The Labute approximate surface area is 134 Å². The first-order valence-electron chi connectivity index (χ1n) is 7.63. The fourth-order valence-electron chi connectivity index (χ4n) is 4.04. The van der Waals surface area contributed by atoms with E-state index in [0.29, 0.717) is 0 Å². The second kappa shape index (κ2) is 4.28. The van der Waals surface area contributed by atoms with Crippen LogP contribution in [0.15, 0.2) is 42.5 Å². The fourth-order valence-corrected chi connectivity index (χ4v) is 4.21. The summed E-state index contributed by atoms with van der Waals surface area (Å²) in [5.74, 6) is 0. The number of hydrogen-bond donors (Lipinski definition) is 1. The molecule has 1 aromatic heterocycles. The first kappa shape index (κ1) is 12.6. The summed E-state index contributed by atoms with van der Waals surface area (Å²) in [7, 11) is 2.15. The molecular formula is C18H16ClN3. The third-order valence-electron chi connectivity index (χ3n) is 4.95. The van der Waals surface area contributed by atoms with Crippen molar-refractivity contribution in [2.24, 2.45) is 7.05 Å². The molecule has 0 amide bonds. The molecule has 1 fully saturated rings. The summed E-state index contributed by atoms with van der Waals surface area (Å²) in [5, 5.41) is 5.68. The van der Waals surface area contributed by atoms with E-state index in [0.717, 1.165) is 18.1 Å². The summed E-state index contributed by atoms with van der Waals surface area (Å²) < 4.78 is 2.31. The number of rotatable bonds is 0. The summed E-state index contributed by atoms with van der Waals surface area (Å²) in [4.78, 5) is 2.47. The summed E-state index contributed by atoms with van der Waals surface area (Å²) >= 11 is 6.27. The second-order valence-electron chi connectivity index (χ2n) is 6.05. The van der Waals surface area contributed by atoms with Crippen LogP contribution in [0.25, 0.3) is 22.0 Å². The Balaban J connectivity index is 1.96. The van der Waals surface area contributed by atoms with Crippen LogP contribution in [0.1, 0.15) is 11.9 Å². The Kier molecular flexibility index (Phi) is 2.44. The lowest BCUT2D eigenvalue weighted by Gasteiger charge is -2.34. The molecule has 2 aliphatic rings. The number of nitrogens with zero attached hydrogens (tertiary/aromatic N) is 2. The minimum atomic E-state index is 0.251. The van der Waals surface area contributed by atoms with Crippen molar-refractivity contribution in [2.45, 2.75) is 6.17 Å². The molecule has 3 aromatic rings. The molecule has 5 rings (SSSR count). The molecule has 2 aromatic carbocycles. The molecule has 0 spiro atoms. The maximum atomic E-state index is 6.27. The molecule has 0 radical (unpaired) electrons. The van der Waals surface area contributed by atoms with E-state index in [1.165, 1.54) is 33.4 Å². The molecule has 1 atom stereocenters. The Morgan fingerprint density at radius 2 is 2.05 bits per heavy atom. The predicted octanol–water partition coefficient (Wildman–Crippen LogP) is 3.92. The van der Waals surface area contributed by atoms with Crippen molar-refractivity contribution in [1.82, 2.24) is 9.88 Å². The smallest absolute Gasteiger partial charge is 0.122 e. The molecular weight excluding hydrogens is 294 g/mol. The maximum Gasteiger partial charge on any atom is 0.122 e. The third kappa shape index (κ3) is 1.45. The lowest BCUT2D eigenvalue weighted by molar-refractivity contribution is 0.599. The zero-order valence-electron chi connectivity index (χ0n) is 12.3. The highest BCUT2D eigenvalue weighted by Gasteiger charge is 2.37. The van der Waals surface area contributed by atoms with Gasteiger partial charge < -0.3 is 9.47 Å². The highest BCUT2D eigenvalue weighted by atomic mass is 35.5. The molecule has 0 bridgehead atoms. The number of fused-ring (bicyclic) bond motifs is 8. The average Bonchev–Trinajstić information content (AvgIpc) is 3.11. The van der Waals surface area contributed by atoms with E-state index < -0.39 is 0 Å². The third-order valence-corrected chi connectivity index (χ3v) is 5.19. The van der Waals surface area contributed by atoms with E-state index in [9.17, 15) is 0 Å². The van der Waals surface area contributed by atoms with Gasteiger partial charge in [0.05, 0.1) is 5.69 Å². The van der Waals surface area contributed by atoms with E-state index in [1.807, 2.05) is 6.07 Å². The number of halogens is 1. The van der Waals surface area contributed by atoms with E-state index in [2.05, 4.69) is 58.2 Å². The first-order chi connectivity index (χ1) is 10.8. The summed E-state index contributed by atoms with van der Waals surface area (Å²) in [6.07, 6.45) is 0.251. The van der Waals surface area contributed by atoms with Crippen LogP contribution in [-0.4, -0.2) is 17.7 Å². The number of aromatic nitrogens is 1. The van der Waals surface area contributed by atoms with Gasteiger partial charge in [-0.25, -0.2) is 0 Å². The van der Waals surface area contributed by atoms with E-state index in [-0.39, 0.29) is 6.17 Å². The molecule has 3 nitrogen and oxygen atoms in total. The van der Waals surface area contributed by atoms with Crippen molar-refractivity contribution in [3.05, 3.63) is 53.2 Å². The van der Waals surface area contributed by atoms with Crippen LogP contribution < -0.4 is 10.2 Å². The highest BCUT2D eigenvalue weighted by molar-refractivity contribution is 6.31. The molecule has 1 N–H and O–H groups in total. The molecule has 1 unspecified atom stereocenters. The molecule has 4 heteroatoms. The van der Waals surface area contributed by atoms with Crippen LogP contribution in [0.2, 0.25) is 5.02 Å². The van der Waals surface area contributed by atoms with Crippen LogP contribution in [-0.2, 0) is 7.05 Å². The number of nitrogens with one attached hydrogen (secondary N) is 1. The number of para-hydroxylation sites is 1. The first-order valence-corrected chi connectivity index (χ1v) is 8.01. The number of benzene rings is 2. The monoisotopic (exact) mass is 309 g/mol. The second-order valence-corrected chi connectivity index (χ2v) is 6.48. The van der Waals surface area contributed by atoms with Crippen LogP contribution in [0.4, 0.5) is 5.69 Å². The van der Waals surface area contributed by atoms with Crippen molar-refractivity contribution in [2.75, 3.05) is 18.0 Å². The molecule has 0 aliphatic carbocycles. The molecule has 2 aliphatic heterocycles. The van der Waals surface area contributed by atoms with Gasteiger partial charge in [0.25, 0.3) is 0 Å². The number of aryl methyl sites for hydroxylation is 1. The van der Waals surface area contributed by atoms with Gasteiger partial charge in [-0.05, 0) is 24.3 Å². The zero-order valence-corrected chi connectivity index (χ0v) is 13.1. The molecule has 0 saturated carbocycles. The fraction of sp³-hybridized carbons (Fsp3) is 0.222. The van der Waals surface area contributed by atoms with Gasteiger partial charge in [0.1, 0.15) is 6.17 Å².